The molecule has 2 atom stereocenters. The Labute approximate surface area is 88.5 Å². The SMILES string of the molecule is CC(C)C[C@@H](N)C(=O)NCC(O)C(=O)O. The van der Waals surface area contributed by atoms with Crippen molar-refractivity contribution in [3.8, 4) is 0 Å². The topological polar surface area (TPSA) is 113 Å². The smallest absolute Gasteiger partial charge is 0.334 e. The average molecular weight is 218 g/mol. The quantitative estimate of drug-likeness (QED) is 0.453. The summed E-state index contributed by atoms with van der Waals surface area (Å²) < 4.78 is 0. The number of amides is 1. The molecule has 0 aliphatic rings. The van der Waals surface area contributed by atoms with E-state index in [1.807, 2.05) is 13.8 Å². The summed E-state index contributed by atoms with van der Waals surface area (Å²) >= 11 is 0. The molecule has 6 heteroatoms. The van der Waals surface area contributed by atoms with Crippen molar-refractivity contribution < 1.29 is 19.8 Å². The molecule has 15 heavy (non-hydrogen) atoms. The summed E-state index contributed by atoms with van der Waals surface area (Å²) in [5.41, 5.74) is 5.54. The molecule has 0 fully saturated rings. The highest BCUT2D eigenvalue weighted by molar-refractivity contribution is 5.82. The fourth-order valence-corrected chi connectivity index (χ4v) is 1.03. The number of carbonyl (C=O) groups is 2. The molecule has 0 aromatic carbocycles. The van der Waals surface area contributed by atoms with Gasteiger partial charge < -0.3 is 21.3 Å². The molecule has 0 aliphatic carbocycles. The Hall–Kier alpha value is -1.14. The zero-order chi connectivity index (χ0) is 12.0. The highest BCUT2D eigenvalue weighted by atomic mass is 16.4. The van der Waals surface area contributed by atoms with Gasteiger partial charge in [0.25, 0.3) is 0 Å². The summed E-state index contributed by atoms with van der Waals surface area (Å²) in [6, 6.07) is -0.661. The predicted molar refractivity (Wildman–Crippen MR) is 54.1 cm³/mol. The van der Waals surface area contributed by atoms with Gasteiger partial charge in [-0.1, -0.05) is 13.8 Å². The van der Waals surface area contributed by atoms with Crippen LogP contribution in [-0.2, 0) is 9.59 Å². The first-order chi connectivity index (χ1) is 6.84. The van der Waals surface area contributed by atoms with Gasteiger partial charge >= 0.3 is 5.97 Å². The van der Waals surface area contributed by atoms with E-state index in [1.165, 1.54) is 0 Å². The summed E-state index contributed by atoms with van der Waals surface area (Å²) in [5.74, 6) is -1.52. The van der Waals surface area contributed by atoms with E-state index in [4.69, 9.17) is 15.9 Å². The van der Waals surface area contributed by atoms with E-state index in [9.17, 15) is 9.59 Å². The van der Waals surface area contributed by atoms with Gasteiger partial charge in [0.2, 0.25) is 5.91 Å². The Morgan fingerprint density at radius 2 is 1.93 bits per heavy atom. The van der Waals surface area contributed by atoms with Crippen molar-refractivity contribution in [2.24, 2.45) is 11.7 Å². The number of nitrogens with one attached hydrogen (secondary N) is 1. The van der Waals surface area contributed by atoms with Crippen molar-refractivity contribution in [2.75, 3.05) is 6.54 Å². The molecule has 6 nitrogen and oxygen atoms in total. The highest BCUT2D eigenvalue weighted by Crippen LogP contribution is 2.02. The Bertz CT molecular complexity index is 230. The van der Waals surface area contributed by atoms with Crippen molar-refractivity contribution in [1.82, 2.24) is 5.32 Å². The monoisotopic (exact) mass is 218 g/mol. The number of carbonyl (C=O) groups excluding carboxylic acids is 1. The minimum atomic E-state index is -1.58. The molecule has 0 rings (SSSR count). The van der Waals surface area contributed by atoms with E-state index in [-0.39, 0.29) is 12.5 Å². The number of carboxylic acids is 1. The molecule has 0 aromatic rings. The molecule has 0 radical (unpaired) electrons. The number of hydrogen-bond acceptors (Lipinski definition) is 4. The van der Waals surface area contributed by atoms with Gasteiger partial charge in [-0.15, -0.1) is 0 Å². The molecule has 0 aromatic heterocycles. The standard InChI is InChI=1S/C9H18N2O4/c1-5(2)3-6(10)8(13)11-4-7(12)9(14)15/h5-7,12H,3-4,10H2,1-2H3,(H,11,13)(H,14,15)/t6-,7?/m1/s1. The zero-order valence-corrected chi connectivity index (χ0v) is 8.93. The lowest BCUT2D eigenvalue weighted by Gasteiger charge is -2.14. The normalized spacial score (nSPS) is 14.7. The van der Waals surface area contributed by atoms with Crippen LogP contribution in [0.5, 0.6) is 0 Å². The van der Waals surface area contributed by atoms with Gasteiger partial charge in [-0.25, -0.2) is 4.79 Å². The van der Waals surface area contributed by atoms with Crippen LogP contribution >= 0.6 is 0 Å². The van der Waals surface area contributed by atoms with Crippen molar-refractivity contribution in [1.29, 1.82) is 0 Å². The van der Waals surface area contributed by atoms with Gasteiger partial charge in [-0.05, 0) is 12.3 Å². The van der Waals surface area contributed by atoms with Gasteiger partial charge in [-0.3, -0.25) is 4.79 Å². The van der Waals surface area contributed by atoms with Crippen molar-refractivity contribution in [2.45, 2.75) is 32.4 Å². The van der Waals surface area contributed by atoms with E-state index in [2.05, 4.69) is 5.32 Å². The van der Waals surface area contributed by atoms with E-state index in [0.29, 0.717) is 6.42 Å². The summed E-state index contributed by atoms with van der Waals surface area (Å²) in [6.07, 6.45) is -1.06. The second kappa shape index (κ2) is 6.36. The maximum absolute atomic E-state index is 11.3. The first kappa shape index (κ1) is 13.9. The van der Waals surface area contributed by atoms with Crippen LogP contribution < -0.4 is 11.1 Å². The molecule has 0 saturated carbocycles. The van der Waals surface area contributed by atoms with E-state index >= 15 is 0 Å². The van der Waals surface area contributed by atoms with E-state index < -0.39 is 24.0 Å². The minimum absolute atomic E-state index is 0.287. The molecule has 1 amide bonds. The Morgan fingerprint density at radius 3 is 2.33 bits per heavy atom. The van der Waals surface area contributed by atoms with Crippen LogP contribution in [0.25, 0.3) is 0 Å². The second-order valence-corrected chi connectivity index (χ2v) is 3.84. The fourth-order valence-electron chi connectivity index (χ4n) is 1.03. The predicted octanol–water partition coefficient (Wildman–Crippen LogP) is -1.08. The van der Waals surface area contributed by atoms with Gasteiger partial charge in [0.05, 0.1) is 12.6 Å². The van der Waals surface area contributed by atoms with E-state index in [1.54, 1.807) is 0 Å². The number of aliphatic hydroxyl groups excluding tert-OH is 1. The molecule has 0 spiro atoms. The Balaban J connectivity index is 3.88. The maximum atomic E-state index is 11.3. The van der Waals surface area contributed by atoms with Crippen molar-refractivity contribution >= 4 is 11.9 Å². The number of nitrogens with two attached hydrogens (primary N) is 1. The van der Waals surface area contributed by atoms with Crippen LogP contribution in [0.2, 0.25) is 0 Å². The number of aliphatic carboxylic acids is 1. The second-order valence-electron chi connectivity index (χ2n) is 3.84. The third-order valence-corrected chi connectivity index (χ3v) is 1.82. The molecule has 0 aliphatic heterocycles. The van der Waals surface area contributed by atoms with Crippen molar-refractivity contribution in [3.05, 3.63) is 0 Å². The van der Waals surface area contributed by atoms with Crippen LogP contribution in [0, 0.1) is 5.92 Å². The highest BCUT2D eigenvalue weighted by Gasteiger charge is 2.18. The molecule has 0 saturated heterocycles. The maximum Gasteiger partial charge on any atom is 0.334 e. The summed E-state index contributed by atoms with van der Waals surface area (Å²) in [7, 11) is 0. The van der Waals surface area contributed by atoms with Crippen LogP contribution in [0.15, 0.2) is 0 Å². The largest absolute Gasteiger partial charge is 0.479 e. The number of carboxylic acid groups (broad SMARTS) is 1. The lowest BCUT2D eigenvalue weighted by atomic mass is 10.0. The molecule has 5 N–H and O–H groups in total. The van der Waals surface area contributed by atoms with Crippen LogP contribution in [0.4, 0.5) is 0 Å². The number of aliphatic hydroxyl groups is 1. The van der Waals surface area contributed by atoms with Crippen LogP contribution in [-0.4, -0.2) is 40.8 Å². The average Bonchev–Trinajstić information content (AvgIpc) is 2.12. The third kappa shape index (κ3) is 6.03. The summed E-state index contributed by atoms with van der Waals surface area (Å²) in [6.45, 7) is 3.54. The zero-order valence-electron chi connectivity index (χ0n) is 8.93. The first-order valence-corrected chi connectivity index (χ1v) is 4.78. The minimum Gasteiger partial charge on any atom is -0.479 e. The van der Waals surface area contributed by atoms with Crippen LogP contribution in [0.1, 0.15) is 20.3 Å². The van der Waals surface area contributed by atoms with Gasteiger partial charge in [0, 0.05) is 0 Å². The Morgan fingerprint density at radius 1 is 1.40 bits per heavy atom. The molecule has 88 valence electrons. The molecular weight excluding hydrogens is 200 g/mol. The summed E-state index contributed by atoms with van der Waals surface area (Å²) in [4.78, 5) is 21.5. The molecular formula is C9H18N2O4. The third-order valence-electron chi connectivity index (χ3n) is 1.82. The van der Waals surface area contributed by atoms with E-state index in [0.717, 1.165) is 0 Å². The number of hydrogen-bond donors (Lipinski definition) is 4. The number of rotatable bonds is 6. The van der Waals surface area contributed by atoms with Gasteiger partial charge in [0.15, 0.2) is 6.10 Å². The van der Waals surface area contributed by atoms with Crippen molar-refractivity contribution in [3.63, 3.8) is 0 Å². The lowest BCUT2D eigenvalue weighted by Crippen LogP contribution is -2.45. The molecule has 1 unspecified atom stereocenters. The van der Waals surface area contributed by atoms with Gasteiger partial charge in [-0.2, -0.15) is 0 Å². The lowest BCUT2D eigenvalue weighted by molar-refractivity contribution is -0.146. The fraction of sp³-hybridized carbons (Fsp3) is 0.778. The molecule has 0 heterocycles. The first-order valence-electron chi connectivity index (χ1n) is 4.78. The summed E-state index contributed by atoms with van der Waals surface area (Å²) in [5, 5.41) is 19.5. The Kier molecular flexibility index (Phi) is 5.88. The van der Waals surface area contributed by atoms with Gasteiger partial charge in [0.1, 0.15) is 0 Å². The molecule has 0 bridgehead atoms. The van der Waals surface area contributed by atoms with Crippen LogP contribution in [0.3, 0.4) is 0 Å².